The molecular formula is C24H27F3N4O3. The van der Waals surface area contributed by atoms with E-state index in [1.54, 1.807) is 23.1 Å². The van der Waals surface area contributed by atoms with Crippen molar-refractivity contribution in [2.24, 2.45) is 0 Å². The molecule has 1 atom stereocenters. The van der Waals surface area contributed by atoms with Crippen molar-refractivity contribution in [2.75, 3.05) is 36.8 Å². The van der Waals surface area contributed by atoms with Gasteiger partial charge in [0.05, 0.1) is 18.2 Å². The van der Waals surface area contributed by atoms with Crippen molar-refractivity contribution in [3.63, 3.8) is 0 Å². The first-order valence-corrected chi connectivity index (χ1v) is 10.8. The van der Waals surface area contributed by atoms with Crippen LogP contribution in [0.5, 0.6) is 0 Å². The van der Waals surface area contributed by atoms with Gasteiger partial charge < -0.3 is 15.5 Å². The fourth-order valence-electron chi connectivity index (χ4n) is 3.97. The van der Waals surface area contributed by atoms with E-state index in [1.165, 1.54) is 26.0 Å². The van der Waals surface area contributed by atoms with Crippen LogP contribution in [0, 0.1) is 6.92 Å². The molecule has 0 aromatic heterocycles. The summed E-state index contributed by atoms with van der Waals surface area (Å²) in [5.74, 6) is -0.677. The van der Waals surface area contributed by atoms with E-state index in [0.717, 1.165) is 17.7 Å². The minimum Gasteiger partial charge on any atom is -0.333 e. The number of halogens is 3. The fraction of sp³-hybridized carbons (Fsp3) is 0.375. The first-order valence-electron chi connectivity index (χ1n) is 10.8. The van der Waals surface area contributed by atoms with Gasteiger partial charge >= 0.3 is 6.18 Å². The van der Waals surface area contributed by atoms with Gasteiger partial charge in [-0.25, -0.2) is 0 Å². The Morgan fingerprint density at radius 1 is 1.00 bits per heavy atom. The summed E-state index contributed by atoms with van der Waals surface area (Å²) in [6.45, 7) is 5.82. The molecule has 0 radical (unpaired) electrons. The third-order valence-corrected chi connectivity index (χ3v) is 5.69. The number of nitrogens with zero attached hydrogens (tertiary/aromatic N) is 2. The monoisotopic (exact) mass is 476 g/mol. The van der Waals surface area contributed by atoms with E-state index in [0.29, 0.717) is 36.6 Å². The van der Waals surface area contributed by atoms with E-state index < -0.39 is 17.8 Å². The highest BCUT2D eigenvalue weighted by Gasteiger charge is 2.33. The zero-order chi connectivity index (χ0) is 25.0. The molecule has 1 aliphatic rings. The Morgan fingerprint density at radius 2 is 1.68 bits per heavy atom. The van der Waals surface area contributed by atoms with Gasteiger partial charge in [0.2, 0.25) is 17.7 Å². The van der Waals surface area contributed by atoms with E-state index in [-0.39, 0.29) is 24.3 Å². The summed E-state index contributed by atoms with van der Waals surface area (Å²) in [5, 5.41) is 5.52. The molecule has 0 spiro atoms. The number of alkyl halides is 3. The Hall–Kier alpha value is -3.40. The van der Waals surface area contributed by atoms with Crippen LogP contribution in [-0.4, -0.2) is 53.7 Å². The molecule has 1 fully saturated rings. The molecule has 0 unspecified atom stereocenters. The van der Waals surface area contributed by atoms with Crippen LogP contribution in [0.1, 0.15) is 36.6 Å². The highest BCUT2D eigenvalue weighted by Crippen LogP contribution is 2.32. The molecular weight excluding hydrogens is 449 g/mol. The molecule has 0 aliphatic carbocycles. The quantitative estimate of drug-likeness (QED) is 0.688. The maximum absolute atomic E-state index is 12.9. The number of hydrogen-bond donors (Lipinski definition) is 2. The summed E-state index contributed by atoms with van der Waals surface area (Å²) >= 11 is 0. The van der Waals surface area contributed by atoms with Crippen molar-refractivity contribution in [3.8, 4) is 0 Å². The standard InChI is InChI=1S/C24H27F3N4O3/c1-15-4-9-20(12-21(15)28-16(2)32)29-23(34)14-30-10-11-31(17(3)33)22(13-30)18-5-7-19(8-6-18)24(25,26)27/h4-9,12,22H,10-11,13-14H2,1-3H3,(H,28,32)(H,29,34)/t22-/m1/s1. The van der Waals surface area contributed by atoms with Gasteiger partial charge in [0.1, 0.15) is 0 Å². The van der Waals surface area contributed by atoms with Crippen LogP contribution in [-0.2, 0) is 20.6 Å². The Labute approximate surface area is 195 Å². The average Bonchev–Trinajstić information content (AvgIpc) is 2.75. The van der Waals surface area contributed by atoms with E-state index in [4.69, 9.17) is 0 Å². The van der Waals surface area contributed by atoms with Crippen molar-refractivity contribution in [1.82, 2.24) is 9.80 Å². The predicted octanol–water partition coefficient (Wildman–Crippen LogP) is 3.82. The van der Waals surface area contributed by atoms with Crippen LogP contribution in [0.15, 0.2) is 42.5 Å². The minimum absolute atomic E-state index is 0.0478. The van der Waals surface area contributed by atoms with Gasteiger partial charge in [-0.1, -0.05) is 18.2 Å². The second kappa shape index (κ2) is 10.3. The zero-order valence-electron chi connectivity index (χ0n) is 19.2. The summed E-state index contributed by atoms with van der Waals surface area (Å²) in [5.41, 5.74) is 1.80. The average molecular weight is 476 g/mol. The van der Waals surface area contributed by atoms with Crippen molar-refractivity contribution in [1.29, 1.82) is 0 Å². The number of aryl methyl sites for hydroxylation is 1. The lowest BCUT2D eigenvalue weighted by Gasteiger charge is -2.41. The van der Waals surface area contributed by atoms with Gasteiger partial charge in [-0.3, -0.25) is 19.3 Å². The highest BCUT2D eigenvalue weighted by atomic mass is 19.4. The molecule has 7 nitrogen and oxygen atoms in total. The zero-order valence-corrected chi connectivity index (χ0v) is 19.2. The third-order valence-electron chi connectivity index (χ3n) is 5.69. The van der Waals surface area contributed by atoms with Crippen LogP contribution < -0.4 is 10.6 Å². The molecule has 1 aliphatic heterocycles. The Morgan fingerprint density at radius 3 is 2.26 bits per heavy atom. The summed E-state index contributed by atoms with van der Waals surface area (Å²) in [7, 11) is 0. The van der Waals surface area contributed by atoms with Gasteiger partial charge in [0.15, 0.2) is 0 Å². The summed E-state index contributed by atoms with van der Waals surface area (Å²) in [4.78, 5) is 39.6. The summed E-state index contributed by atoms with van der Waals surface area (Å²) < 4.78 is 38.8. The Kier molecular flexibility index (Phi) is 7.61. The number of rotatable bonds is 5. The molecule has 34 heavy (non-hydrogen) atoms. The van der Waals surface area contributed by atoms with Crippen molar-refractivity contribution in [3.05, 3.63) is 59.2 Å². The molecule has 2 N–H and O–H groups in total. The Bertz CT molecular complexity index is 1070. The van der Waals surface area contributed by atoms with E-state index in [9.17, 15) is 27.6 Å². The van der Waals surface area contributed by atoms with Crippen molar-refractivity contribution in [2.45, 2.75) is 33.0 Å². The lowest BCUT2D eigenvalue weighted by atomic mass is 10.0. The minimum atomic E-state index is -4.44. The number of nitrogens with one attached hydrogen (secondary N) is 2. The summed E-state index contributed by atoms with van der Waals surface area (Å²) in [6.07, 6.45) is -4.44. The first-order chi connectivity index (χ1) is 15.9. The maximum Gasteiger partial charge on any atom is 0.416 e. The molecule has 182 valence electrons. The van der Waals surface area contributed by atoms with Crippen LogP contribution in [0.4, 0.5) is 24.5 Å². The molecule has 1 saturated heterocycles. The van der Waals surface area contributed by atoms with Gasteiger partial charge in [-0.2, -0.15) is 13.2 Å². The predicted molar refractivity (Wildman–Crippen MR) is 122 cm³/mol. The molecule has 1 heterocycles. The van der Waals surface area contributed by atoms with Crippen molar-refractivity contribution >= 4 is 29.1 Å². The SMILES string of the molecule is CC(=O)Nc1cc(NC(=O)CN2CCN(C(C)=O)[C@@H](c3ccc(C(F)(F)F)cc3)C2)ccc1C. The molecule has 2 aromatic rings. The van der Waals surface area contributed by atoms with Crippen LogP contribution in [0.25, 0.3) is 0 Å². The molecule has 0 saturated carbocycles. The molecule has 3 rings (SSSR count). The summed E-state index contributed by atoms with van der Waals surface area (Å²) in [6, 6.07) is 9.49. The second-order valence-corrected chi connectivity index (χ2v) is 8.34. The van der Waals surface area contributed by atoms with E-state index >= 15 is 0 Å². The second-order valence-electron chi connectivity index (χ2n) is 8.34. The number of amides is 3. The fourth-order valence-corrected chi connectivity index (χ4v) is 3.97. The number of carbonyl (C=O) groups excluding carboxylic acids is 3. The normalized spacial score (nSPS) is 16.8. The molecule has 3 amide bonds. The lowest BCUT2D eigenvalue weighted by molar-refractivity contribution is -0.138. The number of benzene rings is 2. The third kappa shape index (κ3) is 6.34. The number of piperazine rings is 1. The highest BCUT2D eigenvalue weighted by molar-refractivity contribution is 5.94. The van der Waals surface area contributed by atoms with Crippen LogP contribution in [0.3, 0.4) is 0 Å². The van der Waals surface area contributed by atoms with Crippen LogP contribution >= 0.6 is 0 Å². The van der Waals surface area contributed by atoms with Gasteiger partial charge in [-0.15, -0.1) is 0 Å². The smallest absolute Gasteiger partial charge is 0.333 e. The van der Waals surface area contributed by atoms with Gasteiger partial charge in [-0.05, 0) is 42.3 Å². The van der Waals surface area contributed by atoms with E-state index in [2.05, 4.69) is 10.6 Å². The van der Waals surface area contributed by atoms with Crippen LogP contribution in [0.2, 0.25) is 0 Å². The molecule has 0 bridgehead atoms. The largest absolute Gasteiger partial charge is 0.416 e. The Balaban J connectivity index is 1.69. The lowest BCUT2D eigenvalue weighted by Crippen LogP contribution is -2.51. The number of anilines is 2. The van der Waals surface area contributed by atoms with Gasteiger partial charge in [0.25, 0.3) is 0 Å². The van der Waals surface area contributed by atoms with E-state index in [1.807, 2.05) is 11.8 Å². The maximum atomic E-state index is 12.9. The number of hydrogen-bond acceptors (Lipinski definition) is 4. The first kappa shape index (κ1) is 25.2. The topological polar surface area (TPSA) is 81.8 Å². The molecule has 2 aromatic carbocycles. The van der Waals surface area contributed by atoms with Crippen molar-refractivity contribution < 1.29 is 27.6 Å². The molecule has 10 heteroatoms. The number of carbonyl (C=O) groups is 3. The van der Waals surface area contributed by atoms with Gasteiger partial charge in [0, 0.05) is 44.9 Å².